The molecule has 0 spiro atoms. The third kappa shape index (κ3) is 4.79. The molecule has 0 aromatic carbocycles. The highest BCUT2D eigenvalue weighted by Crippen LogP contribution is 1.97. The van der Waals surface area contributed by atoms with E-state index in [0.29, 0.717) is 12.5 Å². The van der Waals surface area contributed by atoms with Gasteiger partial charge in [-0.15, -0.1) is 0 Å². The average molecular weight is 157 g/mol. The maximum Gasteiger partial charge on any atom is 0.0918 e. The van der Waals surface area contributed by atoms with Crippen molar-refractivity contribution < 1.29 is 0 Å². The van der Waals surface area contributed by atoms with Gasteiger partial charge in [-0.25, -0.2) is 0 Å². The van der Waals surface area contributed by atoms with Crippen LogP contribution in [-0.2, 0) is 0 Å². The van der Waals surface area contributed by atoms with Gasteiger partial charge in [-0.2, -0.15) is 0 Å². The molecule has 0 aromatic heterocycles. The molecule has 0 bridgehead atoms. The van der Waals surface area contributed by atoms with Crippen LogP contribution >= 0.6 is 0 Å². The second kappa shape index (κ2) is 5.13. The molecular weight excluding hydrogens is 138 g/mol. The number of nitrogens with one attached hydrogen (secondary N) is 1. The lowest BCUT2D eigenvalue weighted by Crippen LogP contribution is -2.33. The summed E-state index contributed by atoms with van der Waals surface area (Å²) in [5.74, 6) is 0.282. The Kier molecular flexibility index (Phi) is 4.86. The monoisotopic (exact) mass is 157 g/mol. The summed E-state index contributed by atoms with van der Waals surface area (Å²) < 4.78 is 0. The lowest BCUT2D eigenvalue weighted by molar-refractivity contribution is 0.240. The third-order valence-corrected chi connectivity index (χ3v) is 1.80. The zero-order valence-corrected chi connectivity index (χ0v) is 7.72. The molecule has 0 rings (SSSR count). The lowest BCUT2D eigenvalue weighted by atomic mass is 10.3. The second-order valence-electron chi connectivity index (χ2n) is 3.00. The van der Waals surface area contributed by atoms with Gasteiger partial charge in [0.2, 0.25) is 0 Å². The summed E-state index contributed by atoms with van der Waals surface area (Å²) in [4.78, 5) is 2.29. The van der Waals surface area contributed by atoms with Crippen LogP contribution in [0, 0.1) is 5.41 Å². The predicted molar refractivity (Wildman–Crippen MR) is 48.9 cm³/mol. The van der Waals surface area contributed by atoms with Gasteiger partial charge in [-0.1, -0.05) is 6.92 Å². The summed E-state index contributed by atoms with van der Waals surface area (Å²) in [6.07, 6.45) is 0.687. The molecule has 3 heteroatoms. The minimum atomic E-state index is 0.282. The van der Waals surface area contributed by atoms with Gasteiger partial charge in [0.25, 0.3) is 0 Å². The maximum absolute atomic E-state index is 7.05. The standard InChI is InChI=1S/C8H19N3/c1-4-11(7(2)3)6-5-8(9)10/h7H,4-6H2,1-3H3,(H3,9,10). The van der Waals surface area contributed by atoms with Crippen LogP contribution in [0.4, 0.5) is 0 Å². The van der Waals surface area contributed by atoms with Crippen molar-refractivity contribution in [2.45, 2.75) is 33.2 Å². The molecule has 0 fully saturated rings. The zero-order valence-electron chi connectivity index (χ0n) is 7.72. The summed E-state index contributed by atoms with van der Waals surface area (Å²) in [5.41, 5.74) is 5.25. The Bertz CT molecular complexity index is 121. The van der Waals surface area contributed by atoms with Crippen LogP contribution < -0.4 is 5.73 Å². The summed E-state index contributed by atoms with van der Waals surface area (Å²) >= 11 is 0. The molecule has 3 N–H and O–H groups in total. The van der Waals surface area contributed by atoms with E-state index in [9.17, 15) is 0 Å². The van der Waals surface area contributed by atoms with Gasteiger partial charge in [0, 0.05) is 19.0 Å². The largest absolute Gasteiger partial charge is 0.388 e. The molecule has 0 unspecified atom stereocenters. The van der Waals surface area contributed by atoms with Crippen molar-refractivity contribution in [3.63, 3.8) is 0 Å². The first-order valence-electron chi connectivity index (χ1n) is 4.14. The quantitative estimate of drug-likeness (QED) is 0.463. The molecule has 0 aliphatic carbocycles. The molecule has 0 aliphatic rings. The highest BCUT2D eigenvalue weighted by Gasteiger charge is 2.05. The topological polar surface area (TPSA) is 53.1 Å². The Morgan fingerprint density at radius 2 is 2.09 bits per heavy atom. The second-order valence-corrected chi connectivity index (χ2v) is 3.00. The van der Waals surface area contributed by atoms with Gasteiger partial charge in [0.15, 0.2) is 0 Å². The molecule has 0 amide bonds. The van der Waals surface area contributed by atoms with Crippen LogP contribution in [-0.4, -0.2) is 29.9 Å². The summed E-state index contributed by atoms with van der Waals surface area (Å²) in [6, 6.07) is 0.555. The predicted octanol–water partition coefficient (Wildman–Crippen LogP) is 1.04. The van der Waals surface area contributed by atoms with Gasteiger partial charge in [-0.05, 0) is 20.4 Å². The molecule has 0 heterocycles. The minimum absolute atomic E-state index is 0.282. The SMILES string of the molecule is CCN(CCC(=N)N)C(C)C. The van der Waals surface area contributed by atoms with Crippen LogP contribution in [0.1, 0.15) is 27.2 Å². The lowest BCUT2D eigenvalue weighted by Gasteiger charge is -2.24. The number of nitrogens with two attached hydrogens (primary N) is 1. The van der Waals surface area contributed by atoms with Crippen LogP contribution in [0.25, 0.3) is 0 Å². The Morgan fingerprint density at radius 3 is 2.36 bits per heavy atom. The Labute approximate surface area is 69.1 Å². The number of amidine groups is 1. The van der Waals surface area contributed by atoms with E-state index in [2.05, 4.69) is 25.7 Å². The Balaban J connectivity index is 3.61. The normalized spacial score (nSPS) is 11.0. The van der Waals surface area contributed by atoms with Gasteiger partial charge in [0.05, 0.1) is 5.84 Å². The molecule has 0 aliphatic heterocycles. The average Bonchev–Trinajstić information content (AvgIpc) is 1.87. The van der Waals surface area contributed by atoms with E-state index in [1.165, 1.54) is 0 Å². The first-order valence-corrected chi connectivity index (χ1v) is 4.14. The van der Waals surface area contributed by atoms with Gasteiger partial charge in [0.1, 0.15) is 0 Å². The van der Waals surface area contributed by atoms with E-state index in [4.69, 9.17) is 11.1 Å². The van der Waals surface area contributed by atoms with Crippen molar-refractivity contribution in [1.29, 1.82) is 5.41 Å². The van der Waals surface area contributed by atoms with Crippen LogP contribution in [0.5, 0.6) is 0 Å². The molecule has 0 saturated heterocycles. The van der Waals surface area contributed by atoms with E-state index in [1.807, 2.05) is 0 Å². The maximum atomic E-state index is 7.05. The van der Waals surface area contributed by atoms with Gasteiger partial charge >= 0.3 is 0 Å². The first-order chi connectivity index (χ1) is 5.07. The fraction of sp³-hybridized carbons (Fsp3) is 0.875. The summed E-state index contributed by atoms with van der Waals surface area (Å²) in [7, 11) is 0. The number of hydrogen-bond acceptors (Lipinski definition) is 2. The van der Waals surface area contributed by atoms with Crippen molar-refractivity contribution in [3.05, 3.63) is 0 Å². The zero-order chi connectivity index (χ0) is 8.85. The van der Waals surface area contributed by atoms with Crippen molar-refractivity contribution in [1.82, 2.24) is 4.90 Å². The summed E-state index contributed by atoms with van der Waals surface area (Å²) in [6.45, 7) is 8.38. The fourth-order valence-electron chi connectivity index (χ4n) is 1.05. The molecule has 0 saturated carbocycles. The molecular formula is C8H19N3. The Morgan fingerprint density at radius 1 is 1.55 bits per heavy atom. The highest BCUT2D eigenvalue weighted by molar-refractivity contribution is 5.76. The van der Waals surface area contributed by atoms with Crippen LogP contribution in [0.15, 0.2) is 0 Å². The molecule has 11 heavy (non-hydrogen) atoms. The van der Waals surface area contributed by atoms with E-state index in [1.54, 1.807) is 0 Å². The molecule has 0 aromatic rings. The number of nitrogens with zero attached hydrogens (tertiary/aromatic N) is 1. The van der Waals surface area contributed by atoms with Crippen molar-refractivity contribution in [2.24, 2.45) is 5.73 Å². The number of rotatable bonds is 5. The Hall–Kier alpha value is -0.570. The van der Waals surface area contributed by atoms with Crippen molar-refractivity contribution >= 4 is 5.84 Å². The van der Waals surface area contributed by atoms with Gasteiger partial charge in [-0.3, -0.25) is 5.41 Å². The molecule has 66 valence electrons. The van der Waals surface area contributed by atoms with Crippen molar-refractivity contribution in [3.8, 4) is 0 Å². The highest BCUT2D eigenvalue weighted by atomic mass is 15.1. The van der Waals surface area contributed by atoms with E-state index in [-0.39, 0.29) is 5.84 Å². The first kappa shape index (κ1) is 10.4. The molecule has 0 atom stereocenters. The van der Waals surface area contributed by atoms with Gasteiger partial charge < -0.3 is 10.6 Å². The minimum Gasteiger partial charge on any atom is -0.388 e. The third-order valence-electron chi connectivity index (χ3n) is 1.80. The smallest absolute Gasteiger partial charge is 0.0918 e. The van der Waals surface area contributed by atoms with Crippen LogP contribution in [0.3, 0.4) is 0 Å². The van der Waals surface area contributed by atoms with Crippen molar-refractivity contribution in [2.75, 3.05) is 13.1 Å². The number of hydrogen-bond donors (Lipinski definition) is 2. The molecule has 3 nitrogen and oxygen atoms in total. The van der Waals surface area contributed by atoms with E-state index < -0.39 is 0 Å². The van der Waals surface area contributed by atoms with E-state index in [0.717, 1.165) is 13.1 Å². The summed E-state index contributed by atoms with van der Waals surface area (Å²) in [5, 5.41) is 7.05. The fourth-order valence-corrected chi connectivity index (χ4v) is 1.05. The van der Waals surface area contributed by atoms with Crippen LogP contribution in [0.2, 0.25) is 0 Å². The van der Waals surface area contributed by atoms with E-state index >= 15 is 0 Å². The molecule has 0 radical (unpaired) electrons.